The van der Waals surface area contributed by atoms with Crippen LogP contribution in [-0.2, 0) is 0 Å². The second-order valence-electron chi connectivity index (χ2n) is 6.50. The highest BCUT2D eigenvalue weighted by Crippen LogP contribution is 2.34. The van der Waals surface area contributed by atoms with Crippen LogP contribution in [-0.4, -0.2) is 22.9 Å². The first-order valence-corrected chi connectivity index (χ1v) is 8.75. The van der Waals surface area contributed by atoms with Crippen LogP contribution in [0.15, 0.2) is 60.7 Å². The molecule has 0 spiro atoms. The minimum Gasteiger partial charge on any atom is -0.317 e. The van der Waals surface area contributed by atoms with Crippen molar-refractivity contribution in [3.8, 4) is 16.9 Å². The molecule has 3 heteroatoms. The molecule has 0 unspecified atom stereocenters. The second kappa shape index (κ2) is 6.62. The molecule has 1 N–H and O–H groups in total. The summed E-state index contributed by atoms with van der Waals surface area (Å²) >= 11 is 0. The second-order valence-corrected chi connectivity index (χ2v) is 6.50. The number of benzene rings is 2. The van der Waals surface area contributed by atoms with Gasteiger partial charge in [-0.05, 0) is 50.6 Å². The topological polar surface area (TPSA) is 29.9 Å². The van der Waals surface area contributed by atoms with Gasteiger partial charge in [0.25, 0.3) is 0 Å². The quantitative estimate of drug-likeness (QED) is 0.780. The summed E-state index contributed by atoms with van der Waals surface area (Å²) < 4.78 is 2.13. The molecule has 1 aromatic heterocycles. The van der Waals surface area contributed by atoms with Crippen LogP contribution < -0.4 is 5.32 Å². The lowest BCUT2D eigenvalue weighted by Gasteiger charge is -2.21. The first-order valence-electron chi connectivity index (χ1n) is 8.75. The predicted octanol–water partition coefficient (Wildman–Crippen LogP) is 4.31. The van der Waals surface area contributed by atoms with Gasteiger partial charge in [-0.15, -0.1) is 0 Å². The van der Waals surface area contributed by atoms with Gasteiger partial charge in [0.15, 0.2) is 0 Å². The van der Waals surface area contributed by atoms with Gasteiger partial charge in [0, 0.05) is 11.5 Å². The number of nitrogens with one attached hydrogen (secondary N) is 1. The Morgan fingerprint density at radius 1 is 0.917 bits per heavy atom. The third-order valence-electron chi connectivity index (χ3n) is 4.93. The average molecular weight is 317 g/mol. The highest BCUT2D eigenvalue weighted by atomic mass is 15.3. The molecule has 0 radical (unpaired) electrons. The number of rotatable bonds is 3. The van der Waals surface area contributed by atoms with E-state index >= 15 is 0 Å². The first kappa shape index (κ1) is 15.2. The molecule has 2 aromatic carbocycles. The van der Waals surface area contributed by atoms with Crippen molar-refractivity contribution in [1.82, 2.24) is 15.1 Å². The van der Waals surface area contributed by atoms with Gasteiger partial charge >= 0.3 is 0 Å². The van der Waals surface area contributed by atoms with Crippen molar-refractivity contribution in [2.24, 2.45) is 0 Å². The molecule has 1 saturated heterocycles. The van der Waals surface area contributed by atoms with Crippen molar-refractivity contribution < 1.29 is 0 Å². The number of nitrogens with zero attached hydrogens (tertiary/aromatic N) is 2. The zero-order chi connectivity index (χ0) is 16.4. The Labute approximate surface area is 143 Å². The Hall–Kier alpha value is -2.39. The van der Waals surface area contributed by atoms with E-state index in [0.717, 1.165) is 18.8 Å². The molecule has 2 heterocycles. The maximum absolute atomic E-state index is 5.07. The Bertz CT molecular complexity index is 800. The van der Waals surface area contributed by atoms with Gasteiger partial charge in [-0.25, -0.2) is 4.68 Å². The Kier molecular flexibility index (Phi) is 4.18. The number of aromatic nitrogens is 2. The third kappa shape index (κ3) is 2.76. The maximum Gasteiger partial charge on any atom is 0.0773 e. The molecule has 1 fully saturated rings. The fraction of sp³-hybridized carbons (Fsp3) is 0.286. The molecule has 3 aromatic rings. The Balaban J connectivity index is 1.88. The largest absolute Gasteiger partial charge is 0.317 e. The Morgan fingerprint density at radius 2 is 1.54 bits per heavy atom. The lowest BCUT2D eigenvalue weighted by Crippen LogP contribution is -2.27. The van der Waals surface area contributed by atoms with E-state index in [4.69, 9.17) is 5.10 Å². The third-order valence-corrected chi connectivity index (χ3v) is 4.93. The molecule has 122 valence electrons. The molecule has 1 aliphatic heterocycles. The number of para-hydroxylation sites is 1. The highest BCUT2D eigenvalue weighted by Gasteiger charge is 2.24. The summed E-state index contributed by atoms with van der Waals surface area (Å²) in [5.41, 5.74) is 6.15. The number of piperidine rings is 1. The van der Waals surface area contributed by atoms with Crippen LogP contribution in [0.1, 0.15) is 30.0 Å². The zero-order valence-corrected chi connectivity index (χ0v) is 14.1. The molecule has 0 atom stereocenters. The molecule has 3 nitrogen and oxygen atoms in total. The molecule has 4 rings (SSSR count). The summed E-state index contributed by atoms with van der Waals surface area (Å²) in [6.45, 7) is 4.40. The van der Waals surface area contributed by atoms with E-state index in [9.17, 15) is 0 Å². The molecule has 0 saturated carbocycles. The van der Waals surface area contributed by atoms with Crippen LogP contribution in [0.2, 0.25) is 0 Å². The first-order chi connectivity index (χ1) is 11.8. The van der Waals surface area contributed by atoms with Crippen LogP contribution in [0.4, 0.5) is 0 Å². The van der Waals surface area contributed by atoms with Crippen LogP contribution >= 0.6 is 0 Å². The standard InChI is InChI=1S/C21H23N3/c1-16-20(17-12-14-22-15-13-17)23-24(19-10-6-3-7-11-19)21(16)18-8-4-2-5-9-18/h2-11,17,22H,12-15H2,1H3. The van der Waals surface area contributed by atoms with Gasteiger partial charge in [0.2, 0.25) is 0 Å². The lowest BCUT2D eigenvalue weighted by molar-refractivity contribution is 0.450. The van der Waals surface area contributed by atoms with E-state index in [0.29, 0.717) is 5.92 Å². The highest BCUT2D eigenvalue weighted by molar-refractivity contribution is 5.67. The number of hydrogen-bond donors (Lipinski definition) is 1. The molecular formula is C21H23N3. The predicted molar refractivity (Wildman–Crippen MR) is 98.6 cm³/mol. The summed E-state index contributed by atoms with van der Waals surface area (Å²) in [6.07, 6.45) is 2.34. The van der Waals surface area contributed by atoms with E-state index < -0.39 is 0 Å². The summed E-state index contributed by atoms with van der Waals surface area (Å²) in [5, 5.41) is 8.52. The van der Waals surface area contributed by atoms with Crippen molar-refractivity contribution in [2.75, 3.05) is 13.1 Å². The van der Waals surface area contributed by atoms with Gasteiger partial charge < -0.3 is 5.32 Å². The minimum absolute atomic E-state index is 0.554. The molecule has 0 amide bonds. The van der Waals surface area contributed by atoms with Crippen molar-refractivity contribution in [2.45, 2.75) is 25.7 Å². The van der Waals surface area contributed by atoms with Gasteiger partial charge in [0.05, 0.1) is 17.1 Å². The average Bonchev–Trinajstić information content (AvgIpc) is 3.01. The van der Waals surface area contributed by atoms with Crippen LogP contribution in [0.5, 0.6) is 0 Å². The smallest absolute Gasteiger partial charge is 0.0773 e. The summed E-state index contributed by atoms with van der Waals surface area (Å²) in [7, 11) is 0. The van der Waals surface area contributed by atoms with E-state index in [1.54, 1.807) is 0 Å². The SMILES string of the molecule is Cc1c(C2CCNCC2)nn(-c2ccccc2)c1-c1ccccc1. The molecule has 0 bridgehead atoms. The van der Waals surface area contributed by atoms with Crippen LogP contribution in [0.3, 0.4) is 0 Å². The zero-order valence-electron chi connectivity index (χ0n) is 14.1. The fourth-order valence-electron chi connectivity index (χ4n) is 3.69. The number of hydrogen-bond acceptors (Lipinski definition) is 2. The fourth-order valence-corrected chi connectivity index (χ4v) is 3.69. The van der Waals surface area contributed by atoms with Gasteiger partial charge in [0.1, 0.15) is 0 Å². The molecular weight excluding hydrogens is 294 g/mol. The van der Waals surface area contributed by atoms with E-state index in [1.165, 1.54) is 35.4 Å². The Morgan fingerprint density at radius 3 is 2.21 bits per heavy atom. The van der Waals surface area contributed by atoms with Crippen LogP contribution in [0.25, 0.3) is 16.9 Å². The maximum atomic E-state index is 5.07. The summed E-state index contributed by atoms with van der Waals surface area (Å²) in [5.74, 6) is 0.554. The van der Waals surface area contributed by atoms with E-state index in [1.807, 2.05) is 0 Å². The van der Waals surface area contributed by atoms with Crippen molar-refractivity contribution in [3.63, 3.8) is 0 Å². The van der Waals surface area contributed by atoms with E-state index in [-0.39, 0.29) is 0 Å². The van der Waals surface area contributed by atoms with Gasteiger partial charge in [-0.2, -0.15) is 5.10 Å². The van der Waals surface area contributed by atoms with Crippen molar-refractivity contribution >= 4 is 0 Å². The van der Waals surface area contributed by atoms with Gasteiger partial charge in [-0.1, -0.05) is 48.5 Å². The van der Waals surface area contributed by atoms with Crippen LogP contribution in [0, 0.1) is 6.92 Å². The van der Waals surface area contributed by atoms with Crippen molar-refractivity contribution in [1.29, 1.82) is 0 Å². The summed E-state index contributed by atoms with van der Waals surface area (Å²) in [6, 6.07) is 21.1. The minimum atomic E-state index is 0.554. The lowest BCUT2D eigenvalue weighted by atomic mass is 9.91. The summed E-state index contributed by atoms with van der Waals surface area (Å²) in [4.78, 5) is 0. The van der Waals surface area contributed by atoms with Gasteiger partial charge in [-0.3, -0.25) is 0 Å². The molecule has 0 aliphatic carbocycles. The molecule has 1 aliphatic rings. The normalized spacial score (nSPS) is 15.5. The monoisotopic (exact) mass is 317 g/mol. The van der Waals surface area contributed by atoms with Crippen molar-refractivity contribution in [3.05, 3.63) is 71.9 Å². The molecule has 24 heavy (non-hydrogen) atoms. The van der Waals surface area contributed by atoms with E-state index in [2.05, 4.69) is 77.6 Å².